The highest BCUT2D eigenvalue weighted by molar-refractivity contribution is 5.74. The van der Waals surface area contributed by atoms with Gasteiger partial charge < -0.3 is 14.9 Å². The maximum Gasteiger partial charge on any atom is 0.337 e. The average Bonchev–Trinajstić information content (AvgIpc) is 2.23. The lowest BCUT2D eigenvalue weighted by Gasteiger charge is -2.11. The third-order valence-corrected chi connectivity index (χ3v) is 1.88. The van der Waals surface area contributed by atoms with Crippen LogP contribution in [0.3, 0.4) is 0 Å². The second kappa shape index (κ2) is 4.40. The molecule has 0 saturated heterocycles. The highest BCUT2D eigenvalue weighted by Crippen LogP contribution is 2.30. The van der Waals surface area contributed by atoms with Crippen LogP contribution in [0.2, 0.25) is 0 Å². The molecule has 1 rings (SSSR count). The van der Waals surface area contributed by atoms with Crippen molar-refractivity contribution < 1.29 is 32.9 Å². The number of carboxylic acids is 1. The highest BCUT2D eigenvalue weighted by Gasteiger charge is 2.29. The van der Waals surface area contributed by atoms with Gasteiger partial charge in [0, 0.05) is 6.07 Å². The quantitative estimate of drug-likeness (QED) is 0.774. The van der Waals surface area contributed by atoms with Crippen molar-refractivity contribution in [3.8, 4) is 5.75 Å². The number of halogens is 3. The van der Waals surface area contributed by atoms with Gasteiger partial charge in [-0.3, -0.25) is 0 Å². The van der Waals surface area contributed by atoms with Crippen molar-refractivity contribution in [2.24, 2.45) is 0 Å². The van der Waals surface area contributed by atoms with Gasteiger partial charge in [0.25, 0.3) is 0 Å². The molecule has 0 aromatic heterocycles. The summed E-state index contributed by atoms with van der Waals surface area (Å²) in [5, 5.41) is 17.4. The van der Waals surface area contributed by atoms with Gasteiger partial charge in [-0.05, 0) is 0 Å². The van der Waals surface area contributed by atoms with E-state index in [4.69, 9.17) is 10.2 Å². The topological polar surface area (TPSA) is 66.8 Å². The number of aliphatic hydroxyl groups excluding tert-OH is 1. The van der Waals surface area contributed by atoms with Crippen molar-refractivity contribution >= 4 is 5.97 Å². The Kier molecular flexibility index (Phi) is 3.38. The molecule has 7 heteroatoms. The van der Waals surface area contributed by atoms with Crippen molar-refractivity contribution in [2.45, 2.75) is 6.10 Å². The minimum atomic E-state index is -2.50. The van der Waals surface area contributed by atoms with E-state index in [-0.39, 0.29) is 0 Å². The lowest BCUT2D eigenvalue weighted by Crippen LogP contribution is -2.16. The van der Waals surface area contributed by atoms with Crippen molar-refractivity contribution in [1.29, 1.82) is 0 Å². The molecule has 0 radical (unpaired) electrons. The summed E-state index contributed by atoms with van der Waals surface area (Å²) in [6.45, 7) is 0. The number of hydrogen-bond donors (Lipinski definition) is 2. The zero-order valence-corrected chi connectivity index (χ0v) is 8.00. The number of ether oxygens (including phenoxy) is 1. The molecule has 0 bridgehead atoms. The van der Waals surface area contributed by atoms with Gasteiger partial charge in [0.1, 0.15) is 0 Å². The Morgan fingerprint density at radius 1 is 1.38 bits per heavy atom. The Morgan fingerprint density at radius 3 is 2.38 bits per heavy atom. The van der Waals surface area contributed by atoms with Gasteiger partial charge in [0.2, 0.25) is 0 Å². The number of hydrogen-bond acceptors (Lipinski definition) is 3. The van der Waals surface area contributed by atoms with Crippen molar-refractivity contribution in [3.05, 3.63) is 29.1 Å². The molecule has 0 aliphatic heterocycles. The molecule has 0 aliphatic carbocycles. The molecule has 1 aromatic carbocycles. The highest BCUT2D eigenvalue weighted by atomic mass is 19.2. The first-order valence-corrected chi connectivity index (χ1v) is 4.02. The molecule has 0 aliphatic rings. The molecule has 4 nitrogen and oxygen atoms in total. The second-order valence-electron chi connectivity index (χ2n) is 2.84. The number of aliphatic carboxylic acids is 1. The SMILES string of the molecule is COc1cc(F)c(F)c(C(O)C(=O)O)c1F. The van der Waals surface area contributed by atoms with E-state index < -0.39 is 40.8 Å². The number of aliphatic hydroxyl groups is 1. The summed E-state index contributed by atoms with van der Waals surface area (Å²) < 4.78 is 43.7. The number of carboxylic acid groups (broad SMARTS) is 1. The van der Waals surface area contributed by atoms with E-state index in [1.54, 1.807) is 0 Å². The minimum absolute atomic E-state index is 0.419. The molecule has 0 amide bonds. The van der Waals surface area contributed by atoms with Crippen LogP contribution in [0, 0.1) is 17.5 Å². The largest absolute Gasteiger partial charge is 0.494 e. The van der Waals surface area contributed by atoms with Crippen LogP contribution in [-0.2, 0) is 4.79 Å². The smallest absolute Gasteiger partial charge is 0.337 e. The molecule has 1 aromatic rings. The first-order valence-electron chi connectivity index (χ1n) is 4.02. The van der Waals surface area contributed by atoms with Crippen LogP contribution >= 0.6 is 0 Å². The Balaban J connectivity index is 3.47. The van der Waals surface area contributed by atoms with Crippen LogP contribution in [0.5, 0.6) is 5.75 Å². The molecular formula is C9H7F3O4. The number of carbonyl (C=O) groups is 1. The van der Waals surface area contributed by atoms with Crippen molar-refractivity contribution in [2.75, 3.05) is 7.11 Å². The molecule has 1 atom stereocenters. The Bertz CT molecular complexity index is 433. The third-order valence-electron chi connectivity index (χ3n) is 1.88. The average molecular weight is 236 g/mol. The monoisotopic (exact) mass is 236 g/mol. The number of methoxy groups -OCH3 is 1. The fourth-order valence-electron chi connectivity index (χ4n) is 1.11. The van der Waals surface area contributed by atoms with E-state index in [0.29, 0.717) is 6.07 Å². The van der Waals surface area contributed by atoms with Gasteiger partial charge >= 0.3 is 5.97 Å². The fourth-order valence-corrected chi connectivity index (χ4v) is 1.11. The van der Waals surface area contributed by atoms with Crippen LogP contribution in [-0.4, -0.2) is 23.3 Å². The fraction of sp³-hybridized carbons (Fsp3) is 0.222. The molecule has 0 spiro atoms. The van der Waals surface area contributed by atoms with E-state index in [9.17, 15) is 18.0 Å². The summed E-state index contributed by atoms with van der Waals surface area (Å²) in [7, 11) is 0.993. The standard InChI is InChI=1S/C9H7F3O4/c1-16-4-2-3(10)6(11)5(7(4)12)8(13)9(14)15/h2,8,13H,1H3,(H,14,15). The van der Waals surface area contributed by atoms with Gasteiger partial charge in [-0.15, -0.1) is 0 Å². The first kappa shape index (κ1) is 12.3. The van der Waals surface area contributed by atoms with Gasteiger partial charge in [-0.25, -0.2) is 18.0 Å². The molecule has 88 valence electrons. The molecule has 2 N–H and O–H groups in total. The molecule has 1 unspecified atom stereocenters. The second-order valence-corrected chi connectivity index (χ2v) is 2.84. The lowest BCUT2D eigenvalue weighted by molar-refractivity contribution is -0.147. The normalized spacial score (nSPS) is 12.3. The van der Waals surface area contributed by atoms with E-state index in [1.807, 2.05) is 0 Å². The summed E-state index contributed by atoms with van der Waals surface area (Å²) in [6, 6.07) is 0.419. The molecule has 0 heterocycles. The number of benzene rings is 1. The van der Waals surface area contributed by atoms with Crippen molar-refractivity contribution in [3.63, 3.8) is 0 Å². The molecule has 0 saturated carbocycles. The molecular weight excluding hydrogens is 229 g/mol. The van der Waals surface area contributed by atoms with E-state index in [0.717, 1.165) is 7.11 Å². The maximum absolute atomic E-state index is 13.4. The van der Waals surface area contributed by atoms with E-state index in [2.05, 4.69) is 4.74 Å². The third kappa shape index (κ3) is 1.94. The zero-order chi connectivity index (χ0) is 12.5. The summed E-state index contributed by atoms with van der Waals surface area (Å²) in [5.41, 5.74) is -1.29. The Labute approximate surface area is 87.9 Å². The van der Waals surface area contributed by atoms with E-state index in [1.165, 1.54) is 0 Å². The Hall–Kier alpha value is -1.76. The van der Waals surface area contributed by atoms with Crippen LogP contribution in [0.1, 0.15) is 11.7 Å². The van der Waals surface area contributed by atoms with Crippen LogP contribution in [0.15, 0.2) is 6.07 Å². The van der Waals surface area contributed by atoms with Crippen LogP contribution < -0.4 is 4.74 Å². The summed E-state index contributed by atoms with van der Waals surface area (Å²) in [6.07, 6.45) is -2.50. The molecule has 16 heavy (non-hydrogen) atoms. The first-order chi connectivity index (χ1) is 7.40. The van der Waals surface area contributed by atoms with Crippen molar-refractivity contribution in [1.82, 2.24) is 0 Å². The summed E-state index contributed by atoms with van der Waals surface area (Å²) in [5.74, 6) is -7.29. The molecule has 0 fully saturated rings. The zero-order valence-electron chi connectivity index (χ0n) is 8.00. The van der Waals surface area contributed by atoms with E-state index >= 15 is 0 Å². The van der Waals surface area contributed by atoms with Gasteiger partial charge in [0.05, 0.1) is 12.7 Å². The van der Waals surface area contributed by atoms with Crippen LogP contribution in [0.4, 0.5) is 13.2 Å². The minimum Gasteiger partial charge on any atom is -0.494 e. The predicted octanol–water partition coefficient (Wildman–Crippen LogP) is 1.23. The predicted molar refractivity (Wildman–Crippen MR) is 45.5 cm³/mol. The van der Waals surface area contributed by atoms with Gasteiger partial charge in [-0.1, -0.05) is 0 Å². The van der Waals surface area contributed by atoms with Crippen LogP contribution in [0.25, 0.3) is 0 Å². The summed E-state index contributed by atoms with van der Waals surface area (Å²) in [4.78, 5) is 10.4. The van der Waals surface area contributed by atoms with Gasteiger partial charge in [0.15, 0.2) is 29.3 Å². The summed E-state index contributed by atoms with van der Waals surface area (Å²) >= 11 is 0. The van der Waals surface area contributed by atoms with Gasteiger partial charge in [-0.2, -0.15) is 0 Å². The number of rotatable bonds is 3. The maximum atomic E-state index is 13.4. The Morgan fingerprint density at radius 2 is 1.94 bits per heavy atom. The lowest BCUT2D eigenvalue weighted by atomic mass is 10.1.